The maximum Gasteiger partial charge on any atom is 0.225 e. The van der Waals surface area contributed by atoms with Crippen LogP contribution < -0.4 is 14.8 Å². The number of halogens is 1. The number of anilines is 1. The topological polar surface area (TPSA) is 50.8 Å². The van der Waals surface area contributed by atoms with Crippen LogP contribution in [0.4, 0.5) is 5.69 Å². The molecule has 0 aliphatic carbocycles. The number of methoxy groups -OCH3 is 2. The molecule has 1 N–H and O–H groups in total. The maximum atomic E-state index is 12.0. The highest BCUT2D eigenvalue weighted by molar-refractivity contribution is 5.91. The van der Waals surface area contributed by atoms with Gasteiger partial charge in [0.15, 0.2) is 0 Å². The minimum Gasteiger partial charge on any atom is -0.497 e. The van der Waals surface area contributed by atoms with Crippen molar-refractivity contribution in [2.45, 2.75) is 25.7 Å². The van der Waals surface area contributed by atoms with Crippen LogP contribution in [0.1, 0.15) is 25.7 Å². The second kappa shape index (κ2) is 9.54. The molecule has 1 aromatic rings. The molecule has 124 valence electrons. The average molecular weight is 329 g/mol. The number of nitrogens with zero attached hydrogens (tertiary/aromatic N) is 1. The molecule has 0 saturated carbocycles. The summed E-state index contributed by atoms with van der Waals surface area (Å²) in [6.45, 7) is 3.05. The summed E-state index contributed by atoms with van der Waals surface area (Å²) >= 11 is 0. The Morgan fingerprint density at radius 2 is 1.68 bits per heavy atom. The molecular formula is C16H25ClN2O3. The largest absolute Gasteiger partial charge is 0.497 e. The van der Waals surface area contributed by atoms with Crippen molar-refractivity contribution in [3.63, 3.8) is 0 Å². The number of likely N-dealkylation sites (tertiary alicyclic amines) is 1. The van der Waals surface area contributed by atoms with E-state index in [1.165, 1.54) is 19.3 Å². The van der Waals surface area contributed by atoms with Gasteiger partial charge < -0.3 is 19.7 Å². The Hall–Kier alpha value is -1.46. The fourth-order valence-electron chi connectivity index (χ4n) is 2.55. The molecule has 6 heteroatoms. The molecule has 0 spiro atoms. The number of hydrogen-bond acceptors (Lipinski definition) is 4. The summed E-state index contributed by atoms with van der Waals surface area (Å²) in [5.41, 5.74) is 0.704. The number of carbonyl (C=O) groups excluding carboxylic acids is 1. The average Bonchev–Trinajstić information content (AvgIpc) is 2.53. The minimum atomic E-state index is 0. The second-order valence-electron chi connectivity index (χ2n) is 5.30. The van der Waals surface area contributed by atoms with Crippen LogP contribution in [0.2, 0.25) is 0 Å². The van der Waals surface area contributed by atoms with Gasteiger partial charge in [-0.2, -0.15) is 0 Å². The summed E-state index contributed by atoms with van der Waals surface area (Å²) in [5, 5.41) is 2.91. The van der Waals surface area contributed by atoms with E-state index in [0.29, 0.717) is 23.6 Å². The third-order valence-corrected chi connectivity index (χ3v) is 3.74. The zero-order valence-electron chi connectivity index (χ0n) is 13.3. The van der Waals surface area contributed by atoms with E-state index >= 15 is 0 Å². The van der Waals surface area contributed by atoms with E-state index in [9.17, 15) is 4.79 Å². The van der Waals surface area contributed by atoms with Crippen molar-refractivity contribution in [1.82, 2.24) is 4.90 Å². The fourth-order valence-corrected chi connectivity index (χ4v) is 2.55. The van der Waals surface area contributed by atoms with E-state index in [0.717, 1.165) is 19.6 Å². The SMILES string of the molecule is COc1cc(NC(=O)CCN2CCCCC2)cc(OC)c1.Cl. The van der Waals surface area contributed by atoms with Gasteiger partial charge in [0.2, 0.25) is 5.91 Å². The Balaban J connectivity index is 0.00000242. The molecule has 1 heterocycles. The molecule has 1 aliphatic rings. The fraction of sp³-hybridized carbons (Fsp3) is 0.562. The van der Waals surface area contributed by atoms with Gasteiger partial charge in [0.25, 0.3) is 0 Å². The van der Waals surface area contributed by atoms with Gasteiger partial charge >= 0.3 is 0 Å². The molecule has 2 rings (SSSR count). The minimum absolute atomic E-state index is 0. The third kappa shape index (κ3) is 5.73. The first-order valence-electron chi connectivity index (χ1n) is 7.46. The molecule has 22 heavy (non-hydrogen) atoms. The quantitative estimate of drug-likeness (QED) is 0.872. The van der Waals surface area contributed by atoms with E-state index < -0.39 is 0 Å². The van der Waals surface area contributed by atoms with Crippen molar-refractivity contribution in [3.05, 3.63) is 18.2 Å². The highest BCUT2D eigenvalue weighted by atomic mass is 35.5. The van der Waals surface area contributed by atoms with Gasteiger partial charge in [-0.25, -0.2) is 0 Å². The predicted octanol–water partition coefficient (Wildman–Crippen LogP) is 2.94. The first-order chi connectivity index (χ1) is 10.2. The molecule has 0 aromatic heterocycles. The first-order valence-corrected chi connectivity index (χ1v) is 7.46. The zero-order chi connectivity index (χ0) is 15.1. The van der Waals surface area contributed by atoms with Crippen LogP contribution in [0, 0.1) is 0 Å². The Morgan fingerprint density at radius 1 is 1.09 bits per heavy atom. The predicted molar refractivity (Wildman–Crippen MR) is 90.3 cm³/mol. The Bertz CT molecular complexity index is 454. The molecule has 0 radical (unpaired) electrons. The van der Waals surface area contributed by atoms with E-state index in [1.807, 2.05) is 0 Å². The van der Waals surface area contributed by atoms with E-state index in [-0.39, 0.29) is 18.3 Å². The van der Waals surface area contributed by atoms with Crippen molar-refractivity contribution in [2.75, 3.05) is 39.2 Å². The number of ether oxygens (including phenoxy) is 2. The number of rotatable bonds is 6. The van der Waals surface area contributed by atoms with Crippen molar-refractivity contribution in [3.8, 4) is 11.5 Å². The highest BCUT2D eigenvalue weighted by Gasteiger charge is 2.12. The Kier molecular flexibility index (Phi) is 8.06. The molecule has 0 unspecified atom stereocenters. The first kappa shape index (κ1) is 18.6. The molecule has 0 atom stereocenters. The van der Waals surface area contributed by atoms with Crippen molar-refractivity contribution >= 4 is 24.0 Å². The molecule has 1 aliphatic heterocycles. The number of nitrogens with one attached hydrogen (secondary N) is 1. The summed E-state index contributed by atoms with van der Waals surface area (Å²) in [6, 6.07) is 5.37. The van der Waals surface area contributed by atoms with Crippen LogP contribution in [0.15, 0.2) is 18.2 Å². The van der Waals surface area contributed by atoms with Gasteiger partial charge in [-0.1, -0.05) is 6.42 Å². The number of piperidine rings is 1. The van der Waals surface area contributed by atoms with Crippen LogP contribution in [-0.4, -0.2) is 44.7 Å². The molecule has 1 fully saturated rings. The summed E-state index contributed by atoms with van der Waals surface area (Å²) in [7, 11) is 3.19. The van der Waals surface area contributed by atoms with Crippen LogP contribution in [-0.2, 0) is 4.79 Å². The van der Waals surface area contributed by atoms with Gasteiger partial charge in [0.05, 0.1) is 14.2 Å². The Labute approximate surface area is 138 Å². The summed E-state index contributed by atoms with van der Waals surface area (Å²) in [5.74, 6) is 1.36. The van der Waals surface area contributed by atoms with Crippen LogP contribution in [0.25, 0.3) is 0 Å². The van der Waals surface area contributed by atoms with Gasteiger partial charge in [-0.3, -0.25) is 4.79 Å². The van der Waals surface area contributed by atoms with Crippen molar-refractivity contribution in [1.29, 1.82) is 0 Å². The molecular weight excluding hydrogens is 304 g/mol. The number of hydrogen-bond donors (Lipinski definition) is 1. The lowest BCUT2D eigenvalue weighted by atomic mass is 10.1. The molecule has 1 amide bonds. The smallest absolute Gasteiger partial charge is 0.225 e. The van der Waals surface area contributed by atoms with Crippen LogP contribution in [0.3, 0.4) is 0 Å². The standard InChI is InChI=1S/C16H24N2O3.ClH/c1-20-14-10-13(11-15(12-14)21-2)17-16(19)6-9-18-7-4-3-5-8-18;/h10-12H,3-9H2,1-2H3,(H,17,19);1H. The maximum absolute atomic E-state index is 12.0. The third-order valence-electron chi connectivity index (χ3n) is 3.74. The second-order valence-corrected chi connectivity index (χ2v) is 5.30. The van der Waals surface area contributed by atoms with Gasteiger partial charge in [-0.05, 0) is 25.9 Å². The molecule has 0 bridgehead atoms. The Morgan fingerprint density at radius 3 is 2.23 bits per heavy atom. The highest BCUT2D eigenvalue weighted by Crippen LogP contribution is 2.25. The lowest BCUT2D eigenvalue weighted by Crippen LogP contribution is -2.32. The summed E-state index contributed by atoms with van der Waals surface area (Å²) in [4.78, 5) is 14.4. The van der Waals surface area contributed by atoms with E-state index in [1.54, 1.807) is 32.4 Å². The number of carbonyl (C=O) groups is 1. The molecule has 1 aromatic carbocycles. The van der Waals surface area contributed by atoms with Gasteiger partial charge in [0.1, 0.15) is 11.5 Å². The molecule has 1 saturated heterocycles. The zero-order valence-corrected chi connectivity index (χ0v) is 14.1. The normalized spacial score (nSPS) is 14.8. The van der Waals surface area contributed by atoms with Gasteiger partial charge in [0, 0.05) is 36.9 Å². The van der Waals surface area contributed by atoms with Crippen molar-refractivity contribution < 1.29 is 14.3 Å². The lowest BCUT2D eigenvalue weighted by molar-refractivity contribution is -0.116. The summed E-state index contributed by atoms with van der Waals surface area (Å²) < 4.78 is 10.4. The van der Waals surface area contributed by atoms with Crippen molar-refractivity contribution in [2.24, 2.45) is 0 Å². The number of benzene rings is 1. The van der Waals surface area contributed by atoms with Crippen LogP contribution in [0.5, 0.6) is 11.5 Å². The van der Waals surface area contributed by atoms with Crippen LogP contribution >= 0.6 is 12.4 Å². The number of amides is 1. The van der Waals surface area contributed by atoms with Gasteiger partial charge in [-0.15, -0.1) is 12.4 Å². The molecule has 5 nitrogen and oxygen atoms in total. The van der Waals surface area contributed by atoms with E-state index in [2.05, 4.69) is 10.2 Å². The monoisotopic (exact) mass is 328 g/mol. The lowest BCUT2D eigenvalue weighted by Gasteiger charge is -2.25. The van der Waals surface area contributed by atoms with E-state index in [4.69, 9.17) is 9.47 Å². The summed E-state index contributed by atoms with van der Waals surface area (Å²) in [6.07, 6.45) is 4.31.